The van der Waals surface area contributed by atoms with Gasteiger partial charge in [-0.05, 0) is 12.1 Å². The van der Waals surface area contributed by atoms with Crippen LogP contribution >= 0.6 is 0 Å². The Morgan fingerprint density at radius 3 is 2.79 bits per heavy atom. The van der Waals surface area contributed by atoms with Gasteiger partial charge in [-0.15, -0.1) is 0 Å². The molecule has 2 heterocycles. The van der Waals surface area contributed by atoms with Crippen molar-refractivity contribution in [2.45, 2.75) is 0 Å². The molecule has 0 N–H and O–H groups in total. The second-order valence-corrected chi connectivity index (χ2v) is 2.83. The molecule has 0 fully saturated rings. The summed E-state index contributed by atoms with van der Waals surface area (Å²) in [6.07, 6.45) is 3.62. The molecule has 1 aromatic rings. The summed E-state index contributed by atoms with van der Waals surface area (Å²) in [5.74, 6) is 0.427. The van der Waals surface area contributed by atoms with Crippen molar-refractivity contribution in [3.63, 3.8) is 0 Å². The number of rotatable bonds is 2. The van der Waals surface area contributed by atoms with Crippen LogP contribution in [0.1, 0.15) is 10.4 Å². The normalized spacial score (nSPS) is 14.9. The number of hydrogen-bond donors (Lipinski definition) is 0. The largest absolute Gasteiger partial charge is 0.307 e. The molecule has 0 bridgehead atoms. The van der Waals surface area contributed by atoms with Crippen molar-refractivity contribution in [1.29, 1.82) is 0 Å². The monoisotopic (exact) mass is 189 g/mol. The summed E-state index contributed by atoms with van der Waals surface area (Å²) in [6.45, 7) is 0.216. The summed E-state index contributed by atoms with van der Waals surface area (Å²) in [6, 6.07) is 3.32. The van der Waals surface area contributed by atoms with Crippen molar-refractivity contribution in [2.75, 3.05) is 11.4 Å². The fourth-order valence-corrected chi connectivity index (χ4v) is 1.14. The summed E-state index contributed by atoms with van der Waals surface area (Å²) in [5.41, 5.74) is 0.510. The van der Waals surface area contributed by atoms with Crippen molar-refractivity contribution in [2.24, 2.45) is 4.99 Å². The molecule has 0 unspecified atom stereocenters. The van der Waals surface area contributed by atoms with Gasteiger partial charge in [-0.25, -0.2) is 9.98 Å². The van der Waals surface area contributed by atoms with Crippen molar-refractivity contribution in [3.05, 3.63) is 23.9 Å². The lowest BCUT2D eigenvalue weighted by atomic mass is 10.3. The van der Waals surface area contributed by atoms with Gasteiger partial charge in [0.2, 0.25) is 0 Å². The molecular weight excluding hydrogens is 182 g/mol. The lowest BCUT2D eigenvalue weighted by Crippen LogP contribution is -2.21. The van der Waals surface area contributed by atoms with Gasteiger partial charge in [0.05, 0.1) is 0 Å². The molecule has 1 aliphatic heterocycles. The Kier molecular flexibility index (Phi) is 2.06. The van der Waals surface area contributed by atoms with Crippen LogP contribution < -0.4 is 4.90 Å². The number of carbonyl (C=O) groups excluding carboxylic acids is 2. The Bertz CT molecular complexity index is 397. The third-order valence-corrected chi connectivity index (χ3v) is 1.85. The molecule has 0 spiro atoms. The zero-order valence-corrected chi connectivity index (χ0v) is 7.25. The van der Waals surface area contributed by atoms with Gasteiger partial charge in [0, 0.05) is 11.8 Å². The quantitative estimate of drug-likeness (QED) is 0.626. The van der Waals surface area contributed by atoms with Crippen LogP contribution in [-0.4, -0.2) is 30.1 Å². The fourth-order valence-electron chi connectivity index (χ4n) is 1.14. The molecule has 70 valence electrons. The molecule has 1 amide bonds. The standard InChI is InChI=1S/C9H7N3O2/c13-5-7-1-2-8(10-3-7)12-4-9(14)11-6-12/h1-3,5-6H,4H2. The van der Waals surface area contributed by atoms with E-state index in [-0.39, 0.29) is 12.5 Å². The number of aldehydes is 1. The van der Waals surface area contributed by atoms with Crippen LogP contribution in [0.2, 0.25) is 0 Å². The number of carbonyl (C=O) groups is 2. The Morgan fingerprint density at radius 1 is 1.43 bits per heavy atom. The summed E-state index contributed by atoms with van der Waals surface area (Å²) in [7, 11) is 0. The van der Waals surface area contributed by atoms with Gasteiger partial charge in [-0.3, -0.25) is 9.59 Å². The molecule has 1 aromatic heterocycles. The maximum absolute atomic E-state index is 10.8. The van der Waals surface area contributed by atoms with Gasteiger partial charge < -0.3 is 4.90 Å². The maximum Gasteiger partial charge on any atom is 0.267 e. The highest BCUT2D eigenvalue weighted by molar-refractivity contribution is 6.01. The SMILES string of the molecule is O=Cc1ccc(N2C=NC(=O)C2)nc1. The summed E-state index contributed by atoms with van der Waals surface area (Å²) >= 11 is 0. The third kappa shape index (κ3) is 1.52. The second-order valence-electron chi connectivity index (χ2n) is 2.83. The predicted octanol–water partition coefficient (Wildman–Crippen LogP) is 0.269. The molecule has 0 radical (unpaired) electrons. The minimum absolute atomic E-state index is 0.189. The van der Waals surface area contributed by atoms with Crippen molar-refractivity contribution in [1.82, 2.24) is 4.98 Å². The summed E-state index contributed by atoms with van der Waals surface area (Å²) < 4.78 is 0. The van der Waals surface area contributed by atoms with E-state index in [0.29, 0.717) is 11.4 Å². The van der Waals surface area contributed by atoms with Crippen LogP contribution in [0.25, 0.3) is 0 Å². The van der Waals surface area contributed by atoms with E-state index in [4.69, 9.17) is 0 Å². The summed E-state index contributed by atoms with van der Waals surface area (Å²) in [5, 5.41) is 0. The van der Waals surface area contributed by atoms with Crippen LogP contribution in [0, 0.1) is 0 Å². The van der Waals surface area contributed by atoms with Crippen LogP contribution in [0.3, 0.4) is 0 Å². The highest BCUT2D eigenvalue weighted by Crippen LogP contribution is 2.11. The van der Waals surface area contributed by atoms with Crippen LogP contribution in [0.15, 0.2) is 23.3 Å². The Hall–Kier alpha value is -2.04. The lowest BCUT2D eigenvalue weighted by Gasteiger charge is -2.10. The van der Waals surface area contributed by atoms with Crippen LogP contribution in [0.4, 0.5) is 5.82 Å². The minimum Gasteiger partial charge on any atom is -0.307 e. The van der Waals surface area contributed by atoms with E-state index in [1.807, 2.05) is 0 Å². The molecular formula is C9H7N3O2. The molecule has 0 atom stereocenters. The van der Waals surface area contributed by atoms with E-state index in [2.05, 4.69) is 9.98 Å². The molecule has 0 saturated carbocycles. The number of aromatic nitrogens is 1. The zero-order valence-electron chi connectivity index (χ0n) is 7.25. The first-order valence-corrected chi connectivity index (χ1v) is 4.04. The van der Waals surface area contributed by atoms with E-state index < -0.39 is 0 Å². The van der Waals surface area contributed by atoms with Gasteiger partial charge in [-0.2, -0.15) is 0 Å². The Morgan fingerprint density at radius 2 is 2.29 bits per heavy atom. The average molecular weight is 189 g/mol. The number of nitrogens with zero attached hydrogens (tertiary/aromatic N) is 3. The first-order valence-electron chi connectivity index (χ1n) is 4.04. The van der Waals surface area contributed by atoms with Crippen molar-refractivity contribution >= 4 is 24.3 Å². The molecule has 1 aliphatic rings. The topological polar surface area (TPSA) is 62.6 Å². The molecule has 0 saturated heterocycles. The first-order chi connectivity index (χ1) is 6.79. The van der Waals surface area contributed by atoms with E-state index >= 15 is 0 Å². The number of anilines is 1. The Labute approximate surface area is 80.1 Å². The fraction of sp³-hybridized carbons (Fsp3) is 0.111. The molecule has 2 rings (SSSR count). The lowest BCUT2D eigenvalue weighted by molar-refractivity contribution is -0.115. The predicted molar refractivity (Wildman–Crippen MR) is 50.5 cm³/mol. The van der Waals surface area contributed by atoms with Crippen LogP contribution in [-0.2, 0) is 4.79 Å². The number of aliphatic imine (C=N–C) groups is 1. The third-order valence-electron chi connectivity index (χ3n) is 1.85. The molecule has 0 aromatic carbocycles. The van der Waals surface area contributed by atoms with Gasteiger partial charge in [0.1, 0.15) is 18.7 Å². The highest BCUT2D eigenvalue weighted by Gasteiger charge is 2.15. The number of pyridine rings is 1. The van der Waals surface area contributed by atoms with Crippen LogP contribution in [0.5, 0.6) is 0 Å². The van der Waals surface area contributed by atoms with E-state index in [1.165, 1.54) is 12.5 Å². The zero-order chi connectivity index (χ0) is 9.97. The molecule has 14 heavy (non-hydrogen) atoms. The minimum atomic E-state index is -0.189. The van der Waals surface area contributed by atoms with E-state index in [9.17, 15) is 9.59 Å². The van der Waals surface area contributed by atoms with Gasteiger partial charge in [-0.1, -0.05) is 0 Å². The van der Waals surface area contributed by atoms with Gasteiger partial charge >= 0.3 is 0 Å². The van der Waals surface area contributed by atoms with E-state index in [1.54, 1.807) is 17.0 Å². The molecule has 5 heteroatoms. The number of hydrogen-bond acceptors (Lipinski definition) is 4. The van der Waals surface area contributed by atoms with E-state index in [0.717, 1.165) is 6.29 Å². The van der Waals surface area contributed by atoms with Crippen molar-refractivity contribution in [3.8, 4) is 0 Å². The second kappa shape index (κ2) is 3.37. The van der Waals surface area contributed by atoms with Gasteiger partial charge in [0.15, 0.2) is 6.29 Å². The molecule has 5 nitrogen and oxygen atoms in total. The first kappa shape index (κ1) is 8.55. The Balaban J connectivity index is 2.21. The van der Waals surface area contributed by atoms with Gasteiger partial charge in [0.25, 0.3) is 5.91 Å². The highest BCUT2D eigenvalue weighted by atomic mass is 16.2. The summed E-state index contributed by atoms with van der Waals surface area (Å²) in [4.78, 5) is 30.4. The number of amides is 1. The molecule has 0 aliphatic carbocycles. The van der Waals surface area contributed by atoms with Crippen molar-refractivity contribution < 1.29 is 9.59 Å². The smallest absolute Gasteiger partial charge is 0.267 e. The maximum atomic E-state index is 10.8. The average Bonchev–Trinajstić information content (AvgIpc) is 2.65.